The molecule has 4 heteroatoms. The van der Waals surface area contributed by atoms with Crippen LogP contribution in [0.2, 0.25) is 0 Å². The van der Waals surface area contributed by atoms with Crippen molar-refractivity contribution in [3.8, 4) is 11.5 Å². The van der Waals surface area contributed by atoms with Gasteiger partial charge in [0.2, 0.25) is 5.66 Å². The second-order valence-electron chi connectivity index (χ2n) is 6.13. The number of nitrogens with zero attached hydrogens (tertiary/aromatic N) is 2. The van der Waals surface area contributed by atoms with E-state index in [1.807, 2.05) is 48.5 Å². The third kappa shape index (κ3) is 2.64. The maximum atomic E-state index is 5.30. The van der Waals surface area contributed by atoms with Gasteiger partial charge in [0.25, 0.3) is 0 Å². The molecule has 0 unspecified atom stereocenters. The predicted molar refractivity (Wildman–Crippen MR) is 100 cm³/mol. The molecule has 126 valence electrons. The Morgan fingerprint density at radius 2 is 1.36 bits per heavy atom. The van der Waals surface area contributed by atoms with Crippen molar-refractivity contribution in [2.75, 3.05) is 14.2 Å². The number of aliphatic imine (C=N–C) groups is 2. The third-order valence-corrected chi connectivity index (χ3v) is 4.68. The SMILES string of the molecule is COc1ccc(C2(c3ccc(OC)cc3)N=C3C=CCCC3=N2)cc1. The van der Waals surface area contributed by atoms with E-state index in [1.165, 1.54) is 0 Å². The van der Waals surface area contributed by atoms with Gasteiger partial charge in [-0.2, -0.15) is 0 Å². The van der Waals surface area contributed by atoms with Crippen LogP contribution in [0, 0.1) is 0 Å². The van der Waals surface area contributed by atoms with Crippen LogP contribution in [0.15, 0.2) is 70.7 Å². The van der Waals surface area contributed by atoms with Crippen LogP contribution in [0.3, 0.4) is 0 Å². The molecule has 0 saturated heterocycles. The van der Waals surface area contributed by atoms with Crippen LogP contribution in [0.1, 0.15) is 24.0 Å². The van der Waals surface area contributed by atoms with Crippen molar-refractivity contribution >= 4 is 11.4 Å². The molecule has 0 fully saturated rings. The first-order chi connectivity index (χ1) is 12.2. The minimum absolute atomic E-state index is 0.738. The lowest BCUT2D eigenvalue weighted by atomic mass is 9.92. The Balaban J connectivity index is 1.88. The molecule has 4 nitrogen and oxygen atoms in total. The molecule has 2 aromatic carbocycles. The number of hydrogen-bond acceptors (Lipinski definition) is 4. The predicted octanol–water partition coefficient (Wildman–Crippen LogP) is 4.15. The lowest BCUT2D eigenvalue weighted by Crippen LogP contribution is -2.21. The van der Waals surface area contributed by atoms with Crippen LogP contribution < -0.4 is 9.47 Å². The van der Waals surface area contributed by atoms with Gasteiger partial charge in [0, 0.05) is 11.1 Å². The van der Waals surface area contributed by atoms with Gasteiger partial charge in [-0.15, -0.1) is 0 Å². The summed E-state index contributed by atoms with van der Waals surface area (Å²) in [4.78, 5) is 10.1. The number of hydrogen-bond donors (Lipinski definition) is 0. The Hall–Kier alpha value is -2.88. The molecule has 0 N–H and O–H groups in total. The molecule has 0 saturated carbocycles. The number of benzene rings is 2. The summed E-state index contributed by atoms with van der Waals surface area (Å²) < 4.78 is 10.6. The van der Waals surface area contributed by atoms with Gasteiger partial charge in [-0.05, 0) is 43.2 Å². The van der Waals surface area contributed by atoms with Crippen molar-refractivity contribution in [2.45, 2.75) is 18.5 Å². The maximum absolute atomic E-state index is 5.30. The summed E-state index contributed by atoms with van der Waals surface area (Å²) in [6, 6.07) is 16.0. The standard InChI is InChI=1S/C21H20N2O2/c1-24-17-11-7-15(8-12-17)21(16-9-13-18(25-2)14-10-16)22-19-5-3-4-6-20(19)23-21/h3,5,7-14H,4,6H2,1-2H3. The summed E-state index contributed by atoms with van der Waals surface area (Å²) in [6.45, 7) is 0. The van der Waals surface area contributed by atoms with E-state index < -0.39 is 5.66 Å². The van der Waals surface area contributed by atoms with Crippen LogP contribution in [0.4, 0.5) is 0 Å². The fourth-order valence-electron chi connectivity index (χ4n) is 3.32. The van der Waals surface area contributed by atoms with Gasteiger partial charge in [0.1, 0.15) is 11.5 Å². The number of ether oxygens (including phenoxy) is 2. The molecule has 4 rings (SSSR count). The summed E-state index contributed by atoms with van der Waals surface area (Å²) in [5, 5.41) is 0. The lowest BCUT2D eigenvalue weighted by molar-refractivity contribution is 0.413. The quantitative estimate of drug-likeness (QED) is 0.844. The molecule has 1 heterocycles. The molecular formula is C21H20N2O2. The Labute approximate surface area is 147 Å². The minimum atomic E-state index is -0.738. The number of fused-ring (bicyclic) bond motifs is 1. The second-order valence-corrected chi connectivity index (χ2v) is 6.13. The Bertz CT molecular complexity index is 814. The fourth-order valence-corrected chi connectivity index (χ4v) is 3.32. The summed E-state index contributed by atoms with van der Waals surface area (Å²) in [5.74, 6) is 1.65. The largest absolute Gasteiger partial charge is 0.497 e. The van der Waals surface area contributed by atoms with Gasteiger partial charge in [-0.25, -0.2) is 9.98 Å². The van der Waals surface area contributed by atoms with Gasteiger partial charge in [-0.3, -0.25) is 0 Å². The Morgan fingerprint density at radius 1 is 0.800 bits per heavy atom. The van der Waals surface area contributed by atoms with Crippen LogP contribution in [-0.4, -0.2) is 25.6 Å². The van der Waals surface area contributed by atoms with E-state index in [9.17, 15) is 0 Å². The van der Waals surface area contributed by atoms with E-state index >= 15 is 0 Å². The molecule has 25 heavy (non-hydrogen) atoms. The summed E-state index contributed by atoms with van der Waals surface area (Å²) in [6.07, 6.45) is 6.19. The van der Waals surface area contributed by atoms with Crippen molar-refractivity contribution in [1.82, 2.24) is 0 Å². The van der Waals surface area contributed by atoms with Gasteiger partial charge in [0.05, 0.1) is 25.6 Å². The fraction of sp³-hybridized carbons (Fsp3) is 0.238. The second kappa shape index (κ2) is 6.20. The number of allylic oxidation sites excluding steroid dienone is 2. The van der Waals surface area contributed by atoms with Gasteiger partial charge in [0.15, 0.2) is 0 Å². The van der Waals surface area contributed by atoms with Crippen LogP contribution in [-0.2, 0) is 5.66 Å². The molecule has 0 amide bonds. The highest BCUT2D eigenvalue weighted by molar-refractivity contribution is 6.48. The van der Waals surface area contributed by atoms with Gasteiger partial charge >= 0.3 is 0 Å². The molecule has 2 aromatic rings. The van der Waals surface area contributed by atoms with Crippen molar-refractivity contribution in [3.05, 3.63) is 71.8 Å². The van der Waals surface area contributed by atoms with E-state index in [4.69, 9.17) is 19.5 Å². The topological polar surface area (TPSA) is 43.2 Å². The molecule has 0 radical (unpaired) electrons. The van der Waals surface area contributed by atoms with Crippen molar-refractivity contribution < 1.29 is 9.47 Å². The first-order valence-corrected chi connectivity index (χ1v) is 8.40. The van der Waals surface area contributed by atoms with Crippen LogP contribution >= 0.6 is 0 Å². The first kappa shape index (κ1) is 15.6. The maximum Gasteiger partial charge on any atom is 0.202 e. The van der Waals surface area contributed by atoms with Crippen LogP contribution in [0.5, 0.6) is 11.5 Å². The normalized spacial score (nSPS) is 17.5. The number of methoxy groups -OCH3 is 2. The monoisotopic (exact) mass is 332 g/mol. The van der Waals surface area contributed by atoms with Crippen molar-refractivity contribution in [3.63, 3.8) is 0 Å². The molecule has 1 aliphatic heterocycles. The highest BCUT2D eigenvalue weighted by Crippen LogP contribution is 2.41. The molecule has 2 aliphatic rings. The van der Waals surface area contributed by atoms with E-state index in [2.05, 4.69) is 12.2 Å². The van der Waals surface area contributed by atoms with Crippen molar-refractivity contribution in [2.24, 2.45) is 9.98 Å². The summed E-state index contributed by atoms with van der Waals surface area (Å²) >= 11 is 0. The molecule has 0 bridgehead atoms. The van der Waals surface area contributed by atoms with Gasteiger partial charge < -0.3 is 9.47 Å². The molecule has 0 atom stereocenters. The smallest absolute Gasteiger partial charge is 0.202 e. The molecular weight excluding hydrogens is 312 g/mol. The zero-order valence-corrected chi connectivity index (χ0v) is 14.4. The van der Waals surface area contributed by atoms with Gasteiger partial charge in [-0.1, -0.05) is 30.3 Å². The average molecular weight is 332 g/mol. The van der Waals surface area contributed by atoms with E-state index in [0.717, 1.165) is 46.9 Å². The molecule has 1 aliphatic carbocycles. The summed E-state index contributed by atoms with van der Waals surface area (Å²) in [5.41, 5.74) is 3.38. The minimum Gasteiger partial charge on any atom is -0.497 e. The first-order valence-electron chi connectivity index (χ1n) is 8.40. The average Bonchev–Trinajstić information content (AvgIpc) is 3.09. The zero-order chi connectivity index (χ0) is 17.3. The highest BCUT2D eigenvalue weighted by atomic mass is 16.5. The number of rotatable bonds is 4. The van der Waals surface area contributed by atoms with E-state index in [0.29, 0.717) is 0 Å². The Kier molecular flexibility index (Phi) is 3.88. The van der Waals surface area contributed by atoms with Crippen LogP contribution in [0.25, 0.3) is 0 Å². The Morgan fingerprint density at radius 3 is 1.84 bits per heavy atom. The third-order valence-electron chi connectivity index (χ3n) is 4.68. The molecule has 0 spiro atoms. The van der Waals surface area contributed by atoms with Crippen molar-refractivity contribution in [1.29, 1.82) is 0 Å². The zero-order valence-electron chi connectivity index (χ0n) is 14.4. The highest BCUT2D eigenvalue weighted by Gasteiger charge is 2.39. The van der Waals surface area contributed by atoms with E-state index in [-0.39, 0.29) is 0 Å². The molecule has 0 aromatic heterocycles. The van der Waals surface area contributed by atoms with E-state index in [1.54, 1.807) is 14.2 Å². The summed E-state index contributed by atoms with van der Waals surface area (Å²) in [7, 11) is 3.34. The lowest BCUT2D eigenvalue weighted by Gasteiger charge is -2.25.